The Bertz CT molecular complexity index is 1390. The lowest BCUT2D eigenvalue weighted by Gasteiger charge is -2.34. The molecule has 43 heavy (non-hydrogen) atoms. The van der Waals surface area contributed by atoms with Crippen molar-refractivity contribution in [2.24, 2.45) is 5.92 Å². The van der Waals surface area contributed by atoms with E-state index in [2.05, 4.69) is 16.0 Å². The van der Waals surface area contributed by atoms with Crippen LogP contribution >= 0.6 is 0 Å². The lowest BCUT2D eigenvalue weighted by molar-refractivity contribution is -0.137. The van der Waals surface area contributed by atoms with Crippen molar-refractivity contribution in [2.45, 2.75) is 50.6 Å². The molecule has 0 saturated heterocycles. The van der Waals surface area contributed by atoms with Gasteiger partial charge in [0.05, 0.1) is 6.04 Å². The van der Waals surface area contributed by atoms with Crippen LogP contribution in [0.25, 0.3) is 6.08 Å². The van der Waals surface area contributed by atoms with E-state index in [0.29, 0.717) is 17.7 Å². The minimum atomic E-state index is -1.36. The predicted octanol–water partition coefficient (Wildman–Crippen LogP) is 3.07. The first kappa shape index (κ1) is 31.5. The van der Waals surface area contributed by atoms with Gasteiger partial charge < -0.3 is 25.8 Å². The molecule has 2 heterocycles. The highest BCUT2D eigenvalue weighted by atomic mass is 16.5. The molecular formula is C34H40N4O5. The van der Waals surface area contributed by atoms with Crippen LogP contribution in [0.15, 0.2) is 91.1 Å². The van der Waals surface area contributed by atoms with Crippen LogP contribution in [0.3, 0.4) is 0 Å². The molecule has 4 N–H and O–H groups in total. The molecule has 0 spiro atoms. The van der Waals surface area contributed by atoms with Crippen LogP contribution < -0.4 is 20.7 Å². The average Bonchev–Trinajstić information content (AvgIpc) is 3.00. The van der Waals surface area contributed by atoms with Crippen LogP contribution in [0.1, 0.15) is 36.6 Å². The van der Waals surface area contributed by atoms with Crippen LogP contribution in [0, 0.1) is 5.92 Å². The van der Waals surface area contributed by atoms with Gasteiger partial charge in [-0.2, -0.15) is 0 Å². The molecule has 3 amide bonds. The number of benzene rings is 3. The number of hydrogen-bond donors (Lipinski definition) is 4. The summed E-state index contributed by atoms with van der Waals surface area (Å²) in [5.74, 6) is -1.33. The van der Waals surface area contributed by atoms with Crippen molar-refractivity contribution in [3.63, 3.8) is 0 Å². The minimum Gasteiger partial charge on any atom is -0.487 e. The molecule has 9 heteroatoms. The number of likely N-dealkylation sites (N-methyl/N-ethyl adjacent to an activating group) is 1. The number of rotatable bonds is 8. The molecule has 3 aromatic carbocycles. The monoisotopic (exact) mass is 584 g/mol. The quantitative estimate of drug-likeness (QED) is 0.323. The molecule has 2 aliphatic heterocycles. The Hall–Kier alpha value is -4.47. The molecule has 3 aromatic rings. The van der Waals surface area contributed by atoms with Gasteiger partial charge in [0.15, 0.2) is 0 Å². The van der Waals surface area contributed by atoms with Gasteiger partial charge in [0.1, 0.15) is 30.0 Å². The van der Waals surface area contributed by atoms with E-state index >= 15 is 0 Å². The van der Waals surface area contributed by atoms with Crippen LogP contribution in [-0.4, -0.2) is 66.1 Å². The first-order chi connectivity index (χ1) is 20.6. The Morgan fingerprint density at radius 2 is 1.56 bits per heavy atom. The fourth-order valence-corrected chi connectivity index (χ4v) is 4.98. The van der Waals surface area contributed by atoms with Gasteiger partial charge in [-0.05, 0) is 61.3 Å². The SMILES string of the molecule is CC(C)[C@@H]1Oc2ccc(cc2)C=CNC(=O)[C@H]([C@H](O)c2ccccc2)NC(=O)[C@H]1NC(=O)[C@H](Cc1ccccc1)N(C)C. The molecule has 0 aliphatic carbocycles. The van der Waals surface area contributed by atoms with Gasteiger partial charge in [-0.3, -0.25) is 19.3 Å². The largest absolute Gasteiger partial charge is 0.487 e. The van der Waals surface area contributed by atoms with Crippen molar-refractivity contribution in [1.82, 2.24) is 20.9 Å². The number of amides is 3. The zero-order chi connectivity index (χ0) is 30.9. The van der Waals surface area contributed by atoms with E-state index in [1.807, 2.05) is 70.4 Å². The average molecular weight is 585 g/mol. The van der Waals surface area contributed by atoms with E-state index in [9.17, 15) is 19.5 Å². The molecule has 5 atom stereocenters. The molecule has 9 nitrogen and oxygen atoms in total. The number of nitrogens with one attached hydrogen (secondary N) is 3. The molecule has 0 aromatic heterocycles. The number of hydrogen-bond acceptors (Lipinski definition) is 6. The molecular weight excluding hydrogens is 544 g/mol. The third kappa shape index (κ3) is 8.30. The summed E-state index contributed by atoms with van der Waals surface area (Å²) in [5.41, 5.74) is 2.24. The number of ether oxygens (including phenoxy) is 1. The fourth-order valence-electron chi connectivity index (χ4n) is 4.98. The van der Waals surface area contributed by atoms with E-state index in [-0.39, 0.29) is 11.8 Å². The number of aliphatic hydroxyl groups excluding tert-OH is 1. The molecule has 0 unspecified atom stereocenters. The Morgan fingerprint density at radius 3 is 2.16 bits per heavy atom. The molecule has 0 saturated carbocycles. The maximum absolute atomic E-state index is 14.1. The summed E-state index contributed by atoms with van der Waals surface area (Å²) < 4.78 is 6.35. The smallest absolute Gasteiger partial charge is 0.249 e. The van der Waals surface area contributed by atoms with Crippen molar-refractivity contribution in [2.75, 3.05) is 14.1 Å². The second-order valence-electron chi connectivity index (χ2n) is 11.2. The maximum Gasteiger partial charge on any atom is 0.249 e. The van der Waals surface area contributed by atoms with Crippen LogP contribution in [0.4, 0.5) is 0 Å². The standard InChI is InChI=1S/C34H40N4O5/c1-22(2)31-29(37-32(40)27(38(3)4)21-24-11-7-5-8-12-24)34(42)36-28(30(39)25-13-9-6-10-14-25)33(41)35-20-19-23-15-17-26(43-31)18-16-23/h5-20,22,27-31,39H,21H2,1-4H3,(H,35,41)(H,36,42)(H,37,40)/t27-,28-,29-,30+,31-/m0/s1. The van der Waals surface area contributed by atoms with Gasteiger partial charge in [0.25, 0.3) is 0 Å². The highest BCUT2D eigenvalue weighted by molar-refractivity contribution is 5.94. The number of fused-ring (bicyclic) bond motifs is 10. The van der Waals surface area contributed by atoms with Gasteiger partial charge >= 0.3 is 0 Å². The van der Waals surface area contributed by atoms with Crippen LogP contribution in [0.2, 0.25) is 0 Å². The normalized spacial score (nSPS) is 20.5. The molecule has 0 fully saturated rings. The van der Waals surface area contributed by atoms with E-state index in [4.69, 9.17) is 4.74 Å². The Morgan fingerprint density at radius 1 is 0.930 bits per heavy atom. The first-order valence-electron chi connectivity index (χ1n) is 14.4. The number of carbonyl (C=O) groups is 3. The minimum absolute atomic E-state index is 0.221. The third-order valence-electron chi connectivity index (χ3n) is 7.45. The maximum atomic E-state index is 14.1. The fraction of sp³-hybridized carbons (Fsp3) is 0.324. The Balaban J connectivity index is 1.72. The second-order valence-corrected chi connectivity index (χ2v) is 11.2. The first-order valence-corrected chi connectivity index (χ1v) is 14.4. The van der Waals surface area contributed by atoms with Crippen molar-refractivity contribution in [3.05, 3.63) is 108 Å². The third-order valence-corrected chi connectivity index (χ3v) is 7.45. The van der Waals surface area contributed by atoms with E-state index in [1.54, 1.807) is 53.4 Å². The zero-order valence-electron chi connectivity index (χ0n) is 24.9. The molecule has 226 valence electrons. The van der Waals surface area contributed by atoms with Gasteiger partial charge in [-0.1, -0.05) is 86.6 Å². The van der Waals surface area contributed by atoms with Crippen LogP contribution in [0.5, 0.6) is 5.75 Å². The highest BCUT2D eigenvalue weighted by Gasteiger charge is 2.39. The van der Waals surface area contributed by atoms with E-state index in [0.717, 1.165) is 11.1 Å². The summed E-state index contributed by atoms with van der Waals surface area (Å²) in [6.45, 7) is 3.79. The van der Waals surface area contributed by atoms with E-state index < -0.39 is 42.1 Å². The topological polar surface area (TPSA) is 120 Å². The lowest BCUT2D eigenvalue weighted by atomic mass is 9.95. The molecule has 2 aliphatic rings. The summed E-state index contributed by atoms with van der Waals surface area (Å²) >= 11 is 0. The van der Waals surface area contributed by atoms with Gasteiger partial charge in [-0.25, -0.2) is 0 Å². The number of aliphatic hydroxyl groups is 1. The molecule has 5 rings (SSSR count). The van der Waals surface area contributed by atoms with Gasteiger partial charge in [-0.15, -0.1) is 0 Å². The summed E-state index contributed by atoms with van der Waals surface area (Å²) in [5, 5.41) is 19.6. The molecule has 0 radical (unpaired) electrons. The second kappa shape index (κ2) is 14.6. The van der Waals surface area contributed by atoms with Gasteiger partial charge in [0, 0.05) is 6.20 Å². The van der Waals surface area contributed by atoms with Crippen molar-refractivity contribution in [3.8, 4) is 5.75 Å². The molecule has 2 bridgehead atoms. The predicted molar refractivity (Wildman–Crippen MR) is 166 cm³/mol. The van der Waals surface area contributed by atoms with Crippen molar-refractivity contribution in [1.29, 1.82) is 0 Å². The zero-order valence-corrected chi connectivity index (χ0v) is 24.9. The summed E-state index contributed by atoms with van der Waals surface area (Å²) in [6.07, 6.45) is 1.44. The summed E-state index contributed by atoms with van der Waals surface area (Å²) in [6, 6.07) is 22.3. The van der Waals surface area contributed by atoms with Crippen molar-refractivity contribution >= 4 is 23.8 Å². The Kier molecular flexibility index (Phi) is 10.7. The highest BCUT2D eigenvalue weighted by Crippen LogP contribution is 2.22. The van der Waals surface area contributed by atoms with E-state index in [1.165, 1.54) is 6.20 Å². The number of carbonyl (C=O) groups excluding carboxylic acids is 3. The van der Waals surface area contributed by atoms with Gasteiger partial charge in [0.2, 0.25) is 17.7 Å². The summed E-state index contributed by atoms with van der Waals surface area (Å²) in [7, 11) is 3.62. The number of nitrogens with zero attached hydrogens (tertiary/aromatic N) is 1. The van der Waals surface area contributed by atoms with Crippen LogP contribution in [-0.2, 0) is 20.8 Å². The lowest BCUT2D eigenvalue weighted by Crippen LogP contribution is -2.62. The van der Waals surface area contributed by atoms with Crippen molar-refractivity contribution < 1.29 is 24.2 Å². The Labute approximate surface area is 252 Å². The summed E-state index contributed by atoms with van der Waals surface area (Å²) in [4.78, 5) is 43.1.